The highest BCUT2D eigenvalue weighted by molar-refractivity contribution is 4.83. The van der Waals surface area contributed by atoms with E-state index in [2.05, 4.69) is 17.1 Å². The molecule has 3 nitrogen and oxygen atoms in total. The summed E-state index contributed by atoms with van der Waals surface area (Å²) in [4.78, 5) is 2.74. The first-order chi connectivity index (χ1) is 8.83. The van der Waals surface area contributed by atoms with E-state index in [1.807, 2.05) is 7.11 Å². The van der Waals surface area contributed by atoms with Crippen LogP contribution in [0.3, 0.4) is 0 Å². The second-order valence-corrected chi connectivity index (χ2v) is 5.95. The smallest absolute Gasteiger partial charge is 0.0572 e. The van der Waals surface area contributed by atoms with Crippen LogP contribution in [0.15, 0.2) is 0 Å². The Labute approximate surface area is 112 Å². The summed E-state index contributed by atoms with van der Waals surface area (Å²) in [6, 6.07) is 0.844. The zero-order valence-corrected chi connectivity index (χ0v) is 12.2. The average Bonchev–Trinajstić information content (AvgIpc) is 2.46. The molecule has 0 bridgehead atoms. The Bertz CT molecular complexity index is 219. The van der Waals surface area contributed by atoms with Gasteiger partial charge in [-0.1, -0.05) is 6.92 Å². The van der Waals surface area contributed by atoms with Crippen LogP contribution < -0.4 is 5.32 Å². The molecular formula is C15H30N2O. The number of methoxy groups -OCH3 is 1. The highest BCUT2D eigenvalue weighted by atomic mass is 16.5. The van der Waals surface area contributed by atoms with Crippen LogP contribution in [0.5, 0.6) is 0 Å². The minimum absolute atomic E-state index is 0.535. The third-order valence-corrected chi connectivity index (χ3v) is 4.83. The Hall–Kier alpha value is -0.120. The molecule has 2 rings (SSSR count). The van der Waals surface area contributed by atoms with Gasteiger partial charge in [-0.15, -0.1) is 0 Å². The minimum Gasteiger partial charge on any atom is -0.381 e. The number of hydrogen-bond donors (Lipinski definition) is 1. The zero-order chi connectivity index (χ0) is 12.8. The van der Waals surface area contributed by atoms with E-state index in [-0.39, 0.29) is 0 Å². The predicted molar refractivity (Wildman–Crippen MR) is 75.9 cm³/mol. The van der Waals surface area contributed by atoms with Gasteiger partial charge >= 0.3 is 0 Å². The molecule has 2 aliphatic rings. The van der Waals surface area contributed by atoms with Crippen molar-refractivity contribution in [3.8, 4) is 0 Å². The van der Waals surface area contributed by atoms with E-state index in [1.165, 1.54) is 58.2 Å². The molecule has 0 aromatic rings. The van der Waals surface area contributed by atoms with Crippen molar-refractivity contribution in [1.29, 1.82) is 0 Å². The van der Waals surface area contributed by atoms with Crippen molar-refractivity contribution in [2.75, 3.05) is 33.3 Å². The summed E-state index contributed by atoms with van der Waals surface area (Å²) < 4.78 is 5.46. The molecule has 3 heteroatoms. The normalized spacial score (nSPS) is 31.7. The van der Waals surface area contributed by atoms with E-state index in [4.69, 9.17) is 4.74 Å². The lowest BCUT2D eigenvalue weighted by atomic mass is 9.89. The molecule has 0 radical (unpaired) electrons. The molecule has 106 valence electrons. The van der Waals surface area contributed by atoms with Crippen LogP contribution in [0.4, 0.5) is 0 Å². The molecule has 0 atom stereocenters. The number of rotatable bonds is 5. The molecule has 0 spiro atoms. The van der Waals surface area contributed by atoms with E-state index in [1.54, 1.807) is 0 Å². The number of nitrogens with one attached hydrogen (secondary N) is 1. The topological polar surface area (TPSA) is 24.5 Å². The first kappa shape index (κ1) is 14.3. The van der Waals surface area contributed by atoms with Crippen LogP contribution in [0.25, 0.3) is 0 Å². The fraction of sp³-hybridized carbons (Fsp3) is 1.00. The molecule has 1 saturated carbocycles. The Morgan fingerprint density at radius 3 is 2.28 bits per heavy atom. The lowest BCUT2D eigenvalue weighted by molar-refractivity contribution is 0.0290. The van der Waals surface area contributed by atoms with Crippen LogP contribution in [-0.4, -0.2) is 50.3 Å². The maximum absolute atomic E-state index is 5.46. The Morgan fingerprint density at radius 2 is 1.72 bits per heavy atom. The fourth-order valence-electron chi connectivity index (χ4n) is 3.52. The van der Waals surface area contributed by atoms with Crippen LogP contribution in [0.1, 0.15) is 45.4 Å². The molecule has 1 heterocycles. The van der Waals surface area contributed by atoms with Crippen molar-refractivity contribution in [3.05, 3.63) is 0 Å². The quantitative estimate of drug-likeness (QED) is 0.814. The summed E-state index contributed by atoms with van der Waals surface area (Å²) in [7, 11) is 1.86. The highest BCUT2D eigenvalue weighted by Gasteiger charge is 2.28. The molecule has 2 fully saturated rings. The monoisotopic (exact) mass is 254 g/mol. The summed E-state index contributed by atoms with van der Waals surface area (Å²) in [6.07, 6.45) is 8.52. The van der Waals surface area contributed by atoms with E-state index < -0.39 is 0 Å². The largest absolute Gasteiger partial charge is 0.381 e. The molecule has 1 saturated heterocycles. The summed E-state index contributed by atoms with van der Waals surface area (Å²) in [5.41, 5.74) is 0. The highest BCUT2D eigenvalue weighted by Crippen LogP contribution is 2.28. The van der Waals surface area contributed by atoms with Gasteiger partial charge in [0.2, 0.25) is 0 Å². The van der Waals surface area contributed by atoms with Crippen molar-refractivity contribution in [3.63, 3.8) is 0 Å². The molecule has 1 aliphatic heterocycles. The summed E-state index contributed by atoms with van der Waals surface area (Å²) in [5.74, 6) is 0.913. The van der Waals surface area contributed by atoms with Gasteiger partial charge in [-0.05, 0) is 70.6 Å². The molecular weight excluding hydrogens is 224 g/mol. The van der Waals surface area contributed by atoms with E-state index in [0.717, 1.165) is 18.5 Å². The number of hydrogen-bond acceptors (Lipinski definition) is 3. The fourth-order valence-corrected chi connectivity index (χ4v) is 3.52. The summed E-state index contributed by atoms with van der Waals surface area (Å²) in [5, 5.41) is 3.49. The lowest BCUT2D eigenvalue weighted by Gasteiger charge is -2.40. The number of likely N-dealkylation sites (tertiary alicyclic amines) is 1. The standard InChI is InChI=1S/C15H30N2O/c1-3-16-12-13-8-10-17(11-9-13)14-4-6-15(18-2)7-5-14/h13-16H,3-12H2,1-2H3. The lowest BCUT2D eigenvalue weighted by Crippen LogP contribution is -2.45. The van der Waals surface area contributed by atoms with Crippen molar-refractivity contribution < 1.29 is 4.74 Å². The van der Waals surface area contributed by atoms with Gasteiger partial charge < -0.3 is 15.0 Å². The Balaban J connectivity index is 1.67. The van der Waals surface area contributed by atoms with E-state index >= 15 is 0 Å². The van der Waals surface area contributed by atoms with Crippen molar-refractivity contribution in [2.45, 2.75) is 57.6 Å². The zero-order valence-electron chi connectivity index (χ0n) is 12.2. The van der Waals surface area contributed by atoms with Gasteiger partial charge in [0.25, 0.3) is 0 Å². The van der Waals surface area contributed by atoms with Gasteiger partial charge in [-0.3, -0.25) is 0 Å². The summed E-state index contributed by atoms with van der Waals surface area (Å²) in [6.45, 7) is 7.17. The Kier molecular flexibility index (Phi) is 5.93. The van der Waals surface area contributed by atoms with Crippen LogP contribution in [0.2, 0.25) is 0 Å². The van der Waals surface area contributed by atoms with Crippen LogP contribution in [-0.2, 0) is 4.74 Å². The molecule has 18 heavy (non-hydrogen) atoms. The maximum Gasteiger partial charge on any atom is 0.0572 e. The number of nitrogens with zero attached hydrogens (tertiary/aromatic N) is 1. The third-order valence-electron chi connectivity index (χ3n) is 4.83. The molecule has 1 aliphatic carbocycles. The number of piperidine rings is 1. The molecule has 0 aromatic carbocycles. The van der Waals surface area contributed by atoms with Gasteiger partial charge in [0.15, 0.2) is 0 Å². The third kappa shape index (κ3) is 3.94. The SMILES string of the molecule is CCNCC1CCN(C2CCC(OC)CC2)CC1. The van der Waals surface area contributed by atoms with Crippen molar-refractivity contribution in [1.82, 2.24) is 10.2 Å². The molecule has 0 aromatic heterocycles. The second-order valence-electron chi connectivity index (χ2n) is 5.95. The molecule has 1 N–H and O–H groups in total. The van der Waals surface area contributed by atoms with Gasteiger partial charge in [0.1, 0.15) is 0 Å². The average molecular weight is 254 g/mol. The van der Waals surface area contributed by atoms with Crippen molar-refractivity contribution >= 4 is 0 Å². The minimum atomic E-state index is 0.535. The molecule has 0 unspecified atom stereocenters. The van der Waals surface area contributed by atoms with E-state index in [9.17, 15) is 0 Å². The van der Waals surface area contributed by atoms with Crippen molar-refractivity contribution in [2.24, 2.45) is 5.92 Å². The first-order valence-corrected chi connectivity index (χ1v) is 7.81. The molecule has 0 amide bonds. The van der Waals surface area contributed by atoms with Gasteiger partial charge in [0, 0.05) is 13.2 Å². The maximum atomic E-state index is 5.46. The van der Waals surface area contributed by atoms with Gasteiger partial charge in [0.05, 0.1) is 6.10 Å². The second kappa shape index (κ2) is 7.46. The van der Waals surface area contributed by atoms with Crippen LogP contribution in [0, 0.1) is 5.92 Å². The number of ether oxygens (including phenoxy) is 1. The van der Waals surface area contributed by atoms with E-state index in [0.29, 0.717) is 6.10 Å². The van der Waals surface area contributed by atoms with Gasteiger partial charge in [-0.25, -0.2) is 0 Å². The van der Waals surface area contributed by atoms with Gasteiger partial charge in [-0.2, -0.15) is 0 Å². The predicted octanol–water partition coefficient (Wildman–Crippen LogP) is 2.27. The van der Waals surface area contributed by atoms with Crippen LogP contribution >= 0.6 is 0 Å². The summed E-state index contributed by atoms with van der Waals surface area (Å²) >= 11 is 0. The Morgan fingerprint density at radius 1 is 1.06 bits per heavy atom. The first-order valence-electron chi connectivity index (χ1n) is 7.81.